The molecule has 0 spiro atoms. The van der Waals surface area contributed by atoms with Crippen LogP contribution in [0.4, 0.5) is 4.79 Å². The van der Waals surface area contributed by atoms with Crippen LogP contribution in [0.15, 0.2) is 24.3 Å². The summed E-state index contributed by atoms with van der Waals surface area (Å²) in [6, 6.07) is 6.81. The molecule has 1 aromatic carbocycles. The van der Waals surface area contributed by atoms with Crippen LogP contribution in [0.5, 0.6) is 5.75 Å². The molecule has 0 radical (unpaired) electrons. The molecule has 0 saturated carbocycles. The van der Waals surface area contributed by atoms with Crippen molar-refractivity contribution in [3.63, 3.8) is 0 Å². The molecule has 2 atom stereocenters. The molecule has 0 aromatic heterocycles. The second-order valence-electron chi connectivity index (χ2n) is 3.53. The minimum atomic E-state index is -0.500. The Kier molecular flexibility index (Phi) is 2.96. The number of alkyl carbamates (subject to hydrolysis) is 1. The Hall–Kier alpha value is -1.75. The number of ether oxygens (including phenoxy) is 2. The summed E-state index contributed by atoms with van der Waals surface area (Å²) in [5, 5.41) is 11.6. The Labute approximate surface area is 93.0 Å². The van der Waals surface area contributed by atoms with Crippen molar-refractivity contribution in [1.82, 2.24) is 5.32 Å². The number of benzene rings is 1. The van der Waals surface area contributed by atoms with Crippen LogP contribution < -0.4 is 10.1 Å². The molecule has 0 aliphatic carbocycles. The molecule has 1 aliphatic heterocycles. The number of hydrogen-bond acceptors (Lipinski definition) is 4. The van der Waals surface area contributed by atoms with Crippen molar-refractivity contribution in [3.8, 4) is 5.75 Å². The SMILES string of the molecule is COc1ccc(C2OC(=O)NC2CO)cc1. The van der Waals surface area contributed by atoms with Gasteiger partial charge in [-0.05, 0) is 17.7 Å². The van der Waals surface area contributed by atoms with Gasteiger partial charge in [0.15, 0.2) is 6.10 Å². The number of methoxy groups -OCH3 is 1. The number of rotatable bonds is 3. The van der Waals surface area contributed by atoms with Crippen LogP contribution in [0.1, 0.15) is 11.7 Å². The van der Waals surface area contributed by atoms with Crippen LogP contribution in [-0.2, 0) is 4.74 Å². The lowest BCUT2D eigenvalue weighted by molar-refractivity contribution is 0.119. The van der Waals surface area contributed by atoms with E-state index >= 15 is 0 Å². The molecule has 5 heteroatoms. The summed E-state index contributed by atoms with van der Waals surface area (Å²) >= 11 is 0. The monoisotopic (exact) mass is 223 g/mol. The predicted octanol–water partition coefficient (Wildman–Crippen LogP) is 0.837. The molecule has 1 saturated heterocycles. The number of cyclic esters (lactones) is 1. The van der Waals surface area contributed by atoms with E-state index in [1.165, 1.54) is 0 Å². The van der Waals surface area contributed by atoms with Gasteiger partial charge in [0, 0.05) is 0 Å². The highest BCUT2D eigenvalue weighted by atomic mass is 16.6. The van der Waals surface area contributed by atoms with Gasteiger partial charge in [0.1, 0.15) is 5.75 Å². The Morgan fingerprint density at radius 1 is 1.44 bits per heavy atom. The first-order valence-corrected chi connectivity index (χ1v) is 4.96. The van der Waals surface area contributed by atoms with Crippen molar-refractivity contribution in [2.75, 3.05) is 13.7 Å². The van der Waals surface area contributed by atoms with Gasteiger partial charge in [-0.2, -0.15) is 0 Å². The normalized spacial score (nSPS) is 23.8. The van der Waals surface area contributed by atoms with E-state index in [0.717, 1.165) is 11.3 Å². The molecule has 1 aromatic rings. The zero-order valence-electron chi connectivity index (χ0n) is 8.84. The van der Waals surface area contributed by atoms with E-state index in [-0.39, 0.29) is 12.6 Å². The highest BCUT2D eigenvalue weighted by molar-refractivity contribution is 5.70. The Bertz CT molecular complexity index is 376. The number of hydrogen-bond donors (Lipinski definition) is 2. The summed E-state index contributed by atoms with van der Waals surface area (Å²) in [5.41, 5.74) is 0.832. The van der Waals surface area contributed by atoms with E-state index < -0.39 is 12.2 Å². The number of carbonyl (C=O) groups is 1. The van der Waals surface area contributed by atoms with Crippen LogP contribution >= 0.6 is 0 Å². The number of amides is 1. The maximum Gasteiger partial charge on any atom is 0.408 e. The molecule has 5 nitrogen and oxygen atoms in total. The topological polar surface area (TPSA) is 67.8 Å². The number of nitrogens with one attached hydrogen (secondary N) is 1. The molecular weight excluding hydrogens is 210 g/mol. The van der Waals surface area contributed by atoms with Crippen molar-refractivity contribution >= 4 is 6.09 Å². The summed E-state index contributed by atoms with van der Waals surface area (Å²) in [6.07, 6.45) is -0.941. The summed E-state index contributed by atoms with van der Waals surface area (Å²) in [6.45, 7) is -0.150. The minimum absolute atomic E-state index is 0.150. The molecule has 1 amide bonds. The predicted molar refractivity (Wildman–Crippen MR) is 56.2 cm³/mol. The van der Waals surface area contributed by atoms with Crippen molar-refractivity contribution in [2.45, 2.75) is 12.1 Å². The van der Waals surface area contributed by atoms with Gasteiger partial charge < -0.3 is 19.9 Å². The van der Waals surface area contributed by atoms with Crippen LogP contribution in [0.3, 0.4) is 0 Å². The van der Waals surface area contributed by atoms with E-state index in [9.17, 15) is 4.79 Å². The van der Waals surface area contributed by atoms with Crippen LogP contribution in [0.2, 0.25) is 0 Å². The number of carbonyl (C=O) groups excluding carboxylic acids is 1. The first-order valence-electron chi connectivity index (χ1n) is 4.96. The van der Waals surface area contributed by atoms with Crippen LogP contribution in [0.25, 0.3) is 0 Å². The fraction of sp³-hybridized carbons (Fsp3) is 0.364. The quantitative estimate of drug-likeness (QED) is 0.796. The molecule has 2 unspecified atom stereocenters. The van der Waals surface area contributed by atoms with E-state index in [1.54, 1.807) is 19.2 Å². The van der Waals surface area contributed by atoms with Gasteiger partial charge in [-0.1, -0.05) is 12.1 Å². The molecule has 2 rings (SSSR count). The Morgan fingerprint density at radius 3 is 2.69 bits per heavy atom. The van der Waals surface area contributed by atoms with Crippen molar-refractivity contribution in [2.24, 2.45) is 0 Å². The van der Waals surface area contributed by atoms with Crippen LogP contribution in [0, 0.1) is 0 Å². The molecular formula is C11H13NO4. The van der Waals surface area contributed by atoms with Gasteiger partial charge >= 0.3 is 6.09 Å². The smallest absolute Gasteiger partial charge is 0.408 e. The third kappa shape index (κ3) is 1.94. The minimum Gasteiger partial charge on any atom is -0.497 e. The molecule has 1 aliphatic rings. The highest BCUT2D eigenvalue weighted by Crippen LogP contribution is 2.27. The van der Waals surface area contributed by atoms with Gasteiger partial charge in [0.2, 0.25) is 0 Å². The lowest BCUT2D eigenvalue weighted by atomic mass is 10.0. The maximum absolute atomic E-state index is 11.1. The number of aliphatic hydroxyl groups excluding tert-OH is 1. The summed E-state index contributed by atoms with van der Waals surface area (Å²) < 4.78 is 10.1. The Morgan fingerprint density at radius 2 is 2.12 bits per heavy atom. The third-order valence-corrected chi connectivity index (χ3v) is 2.54. The van der Waals surface area contributed by atoms with Crippen LogP contribution in [-0.4, -0.2) is 31.0 Å². The average molecular weight is 223 g/mol. The summed E-state index contributed by atoms with van der Waals surface area (Å²) in [4.78, 5) is 11.1. The maximum atomic E-state index is 11.1. The molecule has 1 fully saturated rings. The summed E-state index contributed by atoms with van der Waals surface area (Å²) in [5.74, 6) is 0.738. The number of aliphatic hydroxyl groups is 1. The van der Waals surface area contributed by atoms with E-state index in [2.05, 4.69) is 5.32 Å². The average Bonchev–Trinajstić information content (AvgIpc) is 2.70. The highest BCUT2D eigenvalue weighted by Gasteiger charge is 2.34. The zero-order chi connectivity index (χ0) is 11.5. The van der Waals surface area contributed by atoms with E-state index in [4.69, 9.17) is 14.6 Å². The van der Waals surface area contributed by atoms with Gasteiger partial charge in [0.05, 0.1) is 19.8 Å². The second kappa shape index (κ2) is 4.40. The van der Waals surface area contributed by atoms with Gasteiger partial charge in [-0.25, -0.2) is 4.79 Å². The standard InChI is InChI=1S/C11H13NO4/c1-15-8-4-2-7(3-5-8)10-9(6-13)12-11(14)16-10/h2-5,9-10,13H,6H2,1H3,(H,12,14). The largest absolute Gasteiger partial charge is 0.497 e. The zero-order valence-corrected chi connectivity index (χ0v) is 8.84. The molecule has 2 N–H and O–H groups in total. The lowest BCUT2D eigenvalue weighted by Gasteiger charge is -2.15. The van der Waals surface area contributed by atoms with Gasteiger partial charge in [0.25, 0.3) is 0 Å². The van der Waals surface area contributed by atoms with E-state index in [1.807, 2.05) is 12.1 Å². The third-order valence-electron chi connectivity index (χ3n) is 2.54. The van der Waals surface area contributed by atoms with Gasteiger partial charge in [-0.15, -0.1) is 0 Å². The lowest BCUT2D eigenvalue weighted by Crippen LogP contribution is -2.31. The van der Waals surface area contributed by atoms with Gasteiger partial charge in [-0.3, -0.25) is 0 Å². The first-order chi connectivity index (χ1) is 7.74. The fourth-order valence-corrected chi connectivity index (χ4v) is 1.69. The van der Waals surface area contributed by atoms with Crippen molar-refractivity contribution in [3.05, 3.63) is 29.8 Å². The van der Waals surface area contributed by atoms with Crippen molar-refractivity contribution in [1.29, 1.82) is 0 Å². The fourth-order valence-electron chi connectivity index (χ4n) is 1.69. The summed E-state index contributed by atoms with van der Waals surface area (Å²) in [7, 11) is 1.59. The molecule has 0 bridgehead atoms. The first kappa shape index (κ1) is 10.8. The second-order valence-corrected chi connectivity index (χ2v) is 3.53. The molecule has 86 valence electrons. The van der Waals surface area contributed by atoms with E-state index in [0.29, 0.717) is 0 Å². The molecule has 1 heterocycles. The molecule has 16 heavy (non-hydrogen) atoms. The Balaban J connectivity index is 2.19. The van der Waals surface area contributed by atoms with Crippen molar-refractivity contribution < 1.29 is 19.4 Å².